The molecule has 0 bridgehead atoms. The van der Waals surface area contributed by atoms with E-state index in [9.17, 15) is 14.0 Å². The van der Waals surface area contributed by atoms with Crippen LogP contribution in [0.5, 0.6) is 11.5 Å². The number of rotatable bonds is 9. The molecule has 0 fully saturated rings. The molecule has 0 unspecified atom stereocenters. The predicted octanol–water partition coefficient (Wildman–Crippen LogP) is 7.96. The Balaban J connectivity index is 1.57. The molecule has 0 saturated carbocycles. The highest BCUT2D eigenvalue weighted by Crippen LogP contribution is 2.35. The molecule has 1 N–H and O–H groups in total. The average Bonchev–Trinajstić information content (AvgIpc) is 3.00. The van der Waals surface area contributed by atoms with Crippen LogP contribution in [0.25, 0.3) is 22.3 Å². The summed E-state index contributed by atoms with van der Waals surface area (Å²) in [6.45, 7) is 5.70. The summed E-state index contributed by atoms with van der Waals surface area (Å²) in [6.07, 6.45) is 1.44. The van der Waals surface area contributed by atoms with Crippen LogP contribution in [-0.4, -0.2) is 35.5 Å². The van der Waals surface area contributed by atoms with Crippen molar-refractivity contribution in [3.8, 4) is 22.9 Å². The van der Waals surface area contributed by atoms with Crippen molar-refractivity contribution in [3.05, 3.63) is 115 Å². The second kappa shape index (κ2) is 13.6. The number of carbonyl (C=O) groups is 1. The highest BCUT2D eigenvalue weighted by atomic mass is 79.9. The third-order valence-electron chi connectivity index (χ3n) is 7.02. The van der Waals surface area contributed by atoms with Crippen LogP contribution in [0.15, 0.2) is 87.2 Å². The van der Waals surface area contributed by atoms with Gasteiger partial charge in [0.2, 0.25) is 0 Å². The van der Waals surface area contributed by atoms with E-state index in [1.54, 1.807) is 37.4 Å². The summed E-state index contributed by atoms with van der Waals surface area (Å²) in [5, 5.41) is 8.03. The van der Waals surface area contributed by atoms with E-state index in [1.165, 1.54) is 35.2 Å². The molecule has 11 heteroatoms. The van der Waals surface area contributed by atoms with Gasteiger partial charge in [0.05, 0.1) is 28.7 Å². The minimum absolute atomic E-state index is 0.146. The van der Waals surface area contributed by atoms with Crippen LogP contribution in [0, 0.1) is 12.7 Å². The molecule has 230 valence electrons. The van der Waals surface area contributed by atoms with Gasteiger partial charge in [0.15, 0.2) is 12.4 Å². The number of halogens is 3. The van der Waals surface area contributed by atoms with Crippen molar-refractivity contribution in [2.75, 3.05) is 19.0 Å². The van der Waals surface area contributed by atoms with Gasteiger partial charge in [0.1, 0.15) is 17.3 Å². The summed E-state index contributed by atoms with van der Waals surface area (Å²) in [5.41, 5.74) is 3.54. The Hall–Kier alpha value is -4.54. The van der Waals surface area contributed by atoms with E-state index in [4.69, 9.17) is 26.1 Å². The summed E-state index contributed by atoms with van der Waals surface area (Å²) in [6, 6.07) is 19.6. The number of carbonyl (C=O) groups excluding carboxylic acids is 1. The fraction of sp³-hybridized carbons (Fsp3) is 0.176. The van der Waals surface area contributed by atoms with E-state index >= 15 is 0 Å². The fourth-order valence-electron chi connectivity index (χ4n) is 4.79. The molecule has 0 saturated heterocycles. The zero-order valence-corrected chi connectivity index (χ0v) is 27.2. The van der Waals surface area contributed by atoms with Gasteiger partial charge >= 0.3 is 0 Å². The van der Waals surface area contributed by atoms with E-state index in [-0.39, 0.29) is 23.8 Å². The van der Waals surface area contributed by atoms with Gasteiger partial charge in [-0.3, -0.25) is 9.59 Å². The molecule has 0 aliphatic rings. The molecule has 1 aromatic heterocycles. The van der Waals surface area contributed by atoms with Crippen molar-refractivity contribution in [1.82, 2.24) is 9.66 Å². The first-order valence-electron chi connectivity index (χ1n) is 14.0. The van der Waals surface area contributed by atoms with Crippen molar-refractivity contribution < 1.29 is 18.7 Å². The molecule has 0 radical (unpaired) electrons. The first-order valence-corrected chi connectivity index (χ1v) is 15.1. The van der Waals surface area contributed by atoms with Crippen LogP contribution in [0.1, 0.15) is 36.5 Å². The number of amides is 1. The standard InChI is InChI=1S/C34H29BrClFN4O4/c1-19(2)26-16-27(20(3)13-30(26)44-4)33-40-29-8-6-5-7-25(29)34(43)41(33)38-17-21-14-22(36)15-28(35)32(21)45-18-31(42)39-24-11-9-23(37)10-12-24/h5-17,19H,18H2,1-4H3,(H,39,42). The third-order valence-corrected chi connectivity index (χ3v) is 7.83. The van der Waals surface area contributed by atoms with Crippen molar-refractivity contribution in [2.24, 2.45) is 5.10 Å². The van der Waals surface area contributed by atoms with Gasteiger partial charge in [-0.05, 0) is 101 Å². The Morgan fingerprint density at radius 1 is 1.13 bits per heavy atom. The molecule has 1 heterocycles. The Kier molecular flexibility index (Phi) is 9.65. The lowest BCUT2D eigenvalue weighted by molar-refractivity contribution is -0.118. The Labute approximate surface area is 272 Å². The normalized spacial score (nSPS) is 11.4. The molecule has 8 nitrogen and oxygen atoms in total. The lowest BCUT2D eigenvalue weighted by Gasteiger charge is -2.17. The number of anilines is 1. The van der Waals surface area contributed by atoms with Gasteiger partial charge in [0.25, 0.3) is 11.5 Å². The molecular weight excluding hydrogens is 663 g/mol. The number of hydrogen-bond donors (Lipinski definition) is 1. The van der Waals surface area contributed by atoms with Crippen molar-refractivity contribution >= 4 is 56.2 Å². The SMILES string of the molecule is COc1cc(C)c(-c2nc3ccccc3c(=O)n2N=Cc2cc(Cl)cc(Br)c2OCC(=O)Nc2ccc(F)cc2)cc1C(C)C. The molecular formula is C34H29BrClFN4O4. The number of aryl methyl sites for hydroxylation is 1. The molecule has 45 heavy (non-hydrogen) atoms. The van der Waals surface area contributed by atoms with Gasteiger partial charge in [-0.25, -0.2) is 9.37 Å². The molecule has 0 aliphatic heterocycles. The monoisotopic (exact) mass is 690 g/mol. The van der Waals surface area contributed by atoms with Crippen LogP contribution in [0.4, 0.5) is 10.1 Å². The smallest absolute Gasteiger partial charge is 0.282 e. The number of para-hydroxylation sites is 1. The average molecular weight is 692 g/mol. The van der Waals surface area contributed by atoms with Crippen molar-refractivity contribution in [1.29, 1.82) is 0 Å². The quantitative estimate of drug-likeness (QED) is 0.158. The minimum Gasteiger partial charge on any atom is -0.496 e. The summed E-state index contributed by atoms with van der Waals surface area (Å²) < 4.78 is 26.5. The van der Waals surface area contributed by atoms with Gasteiger partial charge < -0.3 is 14.8 Å². The summed E-state index contributed by atoms with van der Waals surface area (Å²) in [7, 11) is 1.63. The van der Waals surface area contributed by atoms with E-state index in [1.807, 2.05) is 25.1 Å². The number of methoxy groups -OCH3 is 1. The van der Waals surface area contributed by atoms with Crippen molar-refractivity contribution in [2.45, 2.75) is 26.7 Å². The van der Waals surface area contributed by atoms with Crippen LogP contribution >= 0.6 is 27.5 Å². The van der Waals surface area contributed by atoms with Crippen LogP contribution in [0.2, 0.25) is 5.02 Å². The first-order chi connectivity index (χ1) is 21.5. The van der Waals surface area contributed by atoms with Crippen LogP contribution in [-0.2, 0) is 4.79 Å². The molecule has 0 atom stereocenters. The second-order valence-corrected chi connectivity index (χ2v) is 11.8. The Bertz CT molecular complexity index is 1990. The maximum absolute atomic E-state index is 13.9. The van der Waals surface area contributed by atoms with E-state index < -0.39 is 11.7 Å². The fourth-order valence-corrected chi connectivity index (χ4v) is 5.74. The lowest BCUT2D eigenvalue weighted by atomic mass is 9.96. The topological polar surface area (TPSA) is 94.8 Å². The van der Waals surface area contributed by atoms with Gasteiger partial charge in [-0.15, -0.1) is 0 Å². The molecule has 0 spiro atoms. The maximum Gasteiger partial charge on any atom is 0.282 e. The number of benzene rings is 4. The highest BCUT2D eigenvalue weighted by Gasteiger charge is 2.19. The number of ether oxygens (including phenoxy) is 2. The number of nitrogens with zero attached hydrogens (tertiary/aromatic N) is 3. The lowest BCUT2D eigenvalue weighted by Crippen LogP contribution is -2.21. The number of aromatic nitrogens is 2. The first kappa shape index (κ1) is 31.9. The summed E-state index contributed by atoms with van der Waals surface area (Å²) in [5.74, 6) is 0.651. The maximum atomic E-state index is 13.9. The highest BCUT2D eigenvalue weighted by molar-refractivity contribution is 9.10. The van der Waals surface area contributed by atoms with Crippen LogP contribution in [0.3, 0.4) is 0 Å². The van der Waals surface area contributed by atoms with E-state index in [0.717, 1.165) is 22.4 Å². The minimum atomic E-state index is -0.459. The third kappa shape index (κ3) is 7.08. The van der Waals surface area contributed by atoms with Crippen molar-refractivity contribution in [3.63, 3.8) is 0 Å². The molecule has 1 amide bonds. The van der Waals surface area contributed by atoms with Crippen LogP contribution < -0.4 is 20.3 Å². The molecule has 5 rings (SSSR count). The largest absolute Gasteiger partial charge is 0.496 e. The summed E-state index contributed by atoms with van der Waals surface area (Å²) in [4.78, 5) is 31.3. The number of hydrogen-bond acceptors (Lipinski definition) is 6. The zero-order chi connectivity index (χ0) is 32.2. The number of fused-ring (bicyclic) bond motifs is 1. The molecule has 4 aromatic carbocycles. The Morgan fingerprint density at radius 2 is 1.87 bits per heavy atom. The Morgan fingerprint density at radius 3 is 2.58 bits per heavy atom. The van der Waals surface area contributed by atoms with Gasteiger partial charge in [0, 0.05) is 21.8 Å². The summed E-state index contributed by atoms with van der Waals surface area (Å²) >= 11 is 9.82. The molecule has 5 aromatic rings. The van der Waals surface area contributed by atoms with E-state index in [2.05, 4.69) is 40.2 Å². The zero-order valence-electron chi connectivity index (χ0n) is 24.9. The molecule has 0 aliphatic carbocycles. The predicted molar refractivity (Wildman–Crippen MR) is 179 cm³/mol. The van der Waals surface area contributed by atoms with Gasteiger partial charge in [-0.1, -0.05) is 37.6 Å². The second-order valence-electron chi connectivity index (χ2n) is 10.5. The van der Waals surface area contributed by atoms with Gasteiger partial charge in [-0.2, -0.15) is 9.78 Å². The van der Waals surface area contributed by atoms with E-state index in [0.29, 0.717) is 37.5 Å². The number of nitrogens with one attached hydrogen (secondary N) is 1.